The molecule has 23 heavy (non-hydrogen) atoms. The number of nitro benzene ring substituents is 1. The van der Waals surface area contributed by atoms with Crippen molar-refractivity contribution in [3.05, 3.63) is 39.9 Å². The fraction of sp³-hybridized carbons (Fsp3) is 0.571. The first-order chi connectivity index (χ1) is 10.8. The van der Waals surface area contributed by atoms with E-state index >= 15 is 0 Å². The van der Waals surface area contributed by atoms with Crippen LogP contribution >= 0.6 is 0 Å². The van der Waals surface area contributed by atoms with Crippen molar-refractivity contribution in [2.75, 3.05) is 7.11 Å². The van der Waals surface area contributed by atoms with Gasteiger partial charge < -0.3 is 29.9 Å². The van der Waals surface area contributed by atoms with Crippen molar-refractivity contribution in [1.82, 2.24) is 0 Å². The topological polar surface area (TPSA) is 143 Å². The Labute approximate surface area is 131 Å². The van der Waals surface area contributed by atoms with E-state index in [2.05, 4.69) is 0 Å². The van der Waals surface area contributed by atoms with Crippen molar-refractivity contribution in [2.24, 2.45) is 0 Å². The van der Waals surface area contributed by atoms with Gasteiger partial charge in [0.15, 0.2) is 6.29 Å². The van der Waals surface area contributed by atoms with Gasteiger partial charge in [-0.05, 0) is 5.56 Å². The lowest BCUT2D eigenvalue weighted by Gasteiger charge is -2.41. The molecule has 128 valence electrons. The maximum absolute atomic E-state index is 10.8. The van der Waals surface area contributed by atoms with Crippen LogP contribution in [-0.2, 0) is 15.9 Å². The molecule has 6 atom stereocenters. The number of rotatable bonds is 5. The van der Waals surface area contributed by atoms with Gasteiger partial charge >= 0.3 is 0 Å². The average Bonchev–Trinajstić information content (AvgIpc) is 2.53. The zero-order valence-electron chi connectivity index (χ0n) is 12.3. The van der Waals surface area contributed by atoms with Gasteiger partial charge in [0, 0.05) is 25.7 Å². The van der Waals surface area contributed by atoms with E-state index < -0.39 is 41.7 Å². The van der Waals surface area contributed by atoms with Gasteiger partial charge in [0.2, 0.25) is 0 Å². The van der Waals surface area contributed by atoms with Crippen LogP contribution in [0.4, 0.5) is 5.69 Å². The summed E-state index contributed by atoms with van der Waals surface area (Å²) in [7, 11) is 1.25. The minimum absolute atomic E-state index is 0.0390. The summed E-state index contributed by atoms with van der Waals surface area (Å²) in [4.78, 5) is 10.2. The van der Waals surface area contributed by atoms with E-state index in [-0.39, 0.29) is 12.1 Å². The molecule has 1 heterocycles. The predicted molar refractivity (Wildman–Crippen MR) is 76.5 cm³/mol. The largest absolute Gasteiger partial charge is 0.390 e. The first-order valence-corrected chi connectivity index (χ1v) is 6.99. The first-order valence-electron chi connectivity index (χ1n) is 6.99. The molecule has 4 N–H and O–H groups in total. The lowest BCUT2D eigenvalue weighted by Crippen LogP contribution is -2.61. The van der Waals surface area contributed by atoms with Gasteiger partial charge in [-0.15, -0.1) is 0 Å². The summed E-state index contributed by atoms with van der Waals surface area (Å²) in [6.45, 7) is 0. The second-order valence-electron chi connectivity index (χ2n) is 5.38. The van der Waals surface area contributed by atoms with Gasteiger partial charge in [0.1, 0.15) is 24.4 Å². The number of ether oxygens (including phenoxy) is 2. The molecule has 0 saturated carbocycles. The molecule has 2 rings (SSSR count). The SMILES string of the molecule is CO[C@H]1O[C@H](C(O)Cc2cccc([N+](=O)[O-])c2)[C@@H](O)[C@H](O)[C@H]1O. The molecular weight excluding hydrogens is 310 g/mol. The Morgan fingerprint density at radius 3 is 2.61 bits per heavy atom. The minimum atomic E-state index is -1.54. The third-order valence-electron chi connectivity index (χ3n) is 3.78. The Balaban J connectivity index is 2.11. The fourth-order valence-corrected chi connectivity index (χ4v) is 2.54. The van der Waals surface area contributed by atoms with Gasteiger partial charge in [-0.2, -0.15) is 0 Å². The van der Waals surface area contributed by atoms with Crippen molar-refractivity contribution in [3.8, 4) is 0 Å². The molecule has 0 amide bonds. The van der Waals surface area contributed by atoms with E-state index in [0.717, 1.165) is 0 Å². The smallest absolute Gasteiger partial charge is 0.269 e. The van der Waals surface area contributed by atoms with E-state index in [1.807, 2.05) is 0 Å². The Morgan fingerprint density at radius 1 is 1.30 bits per heavy atom. The van der Waals surface area contributed by atoms with Crippen LogP contribution < -0.4 is 0 Å². The molecule has 0 spiro atoms. The summed E-state index contributed by atoms with van der Waals surface area (Å²) >= 11 is 0. The molecule has 1 saturated heterocycles. The van der Waals surface area contributed by atoms with Crippen LogP contribution in [-0.4, -0.2) is 69.3 Å². The molecule has 9 heteroatoms. The van der Waals surface area contributed by atoms with Gasteiger partial charge in [-0.1, -0.05) is 12.1 Å². The molecule has 1 aliphatic heterocycles. The van der Waals surface area contributed by atoms with Crippen LogP contribution in [0.2, 0.25) is 0 Å². The molecule has 0 aromatic heterocycles. The molecule has 1 fully saturated rings. The monoisotopic (exact) mass is 329 g/mol. The molecule has 0 aliphatic carbocycles. The molecule has 1 unspecified atom stereocenters. The number of nitro groups is 1. The van der Waals surface area contributed by atoms with Crippen LogP contribution in [0, 0.1) is 10.1 Å². The van der Waals surface area contributed by atoms with Crippen LogP contribution in [0.1, 0.15) is 5.56 Å². The number of methoxy groups -OCH3 is 1. The van der Waals surface area contributed by atoms with E-state index in [0.29, 0.717) is 5.56 Å². The quantitative estimate of drug-likeness (QED) is 0.396. The summed E-state index contributed by atoms with van der Waals surface area (Å²) in [5.41, 5.74) is 0.349. The molecule has 1 aromatic rings. The predicted octanol–water partition coefficient (Wildman–Crippen LogP) is -1.05. The number of hydrogen-bond acceptors (Lipinski definition) is 8. The van der Waals surface area contributed by atoms with Gasteiger partial charge in [0.05, 0.1) is 11.0 Å². The zero-order valence-corrected chi connectivity index (χ0v) is 12.3. The maximum Gasteiger partial charge on any atom is 0.269 e. The highest BCUT2D eigenvalue weighted by Crippen LogP contribution is 2.25. The summed E-state index contributed by atoms with van der Waals surface area (Å²) in [5, 5.41) is 50.4. The number of non-ortho nitro benzene ring substituents is 1. The number of nitrogens with zero attached hydrogens (tertiary/aromatic N) is 1. The second-order valence-corrected chi connectivity index (χ2v) is 5.38. The molecule has 1 aliphatic rings. The minimum Gasteiger partial charge on any atom is -0.390 e. The van der Waals surface area contributed by atoms with E-state index in [1.165, 1.54) is 25.3 Å². The van der Waals surface area contributed by atoms with Gasteiger partial charge in [-0.3, -0.25) is 10.1 Å². The van der Waals surface area contributed by atoms with Crippen molar-refractivity contribution in [2.45, 2.75) is 43.2 Å². The summed E-state index contributed by atoms with van der Waals surface area (Å²) in [5.74, 6) is 0. The Morgan fingerprint density at radius 2 is 2.00 bits per heavy atom. The highest BCUT2D eigenvalue weighted by atomic mass is 16.7. The van der Waals surface area contributed by atoms with Crippen LogP contribution in [0.25, 0.3) is 0 Å². The summed E-state index contributed by atoms with van der Waals surface area (Å²) in [6, 6.07) is 5.69. The Bertz CT molecular complexity index is 551. The van der Waals surface area contributed by atoms with Gasteiger partial charge in [-0.25, -0.2) is 0 Å². The lowest BCUT2D eigenvalue weighted by atomic mass is 9.92. The van der Waals surface area contributed by atoms with Crippen molar-refractivity contribution in [1.29, 1.82) is 0 Å². The average molecular weight is 329 g/mol. The normalized spacial score (nSPS) is 32.5. The third kappa shape index (κ3) is 3.83. The lowest BCUT2D eigenvalue weighted by molar-refractivity contribution is -0.384. The highest BCUT2D eigenvalue weighted by molar-refractivity contribution is 5.34. The highest BCUT2D eigenvalue weighted by Gasteiger charge is 2.46. The van der Waals surface area contributed by atoms with E-state index in [1.54, 1.807) is 6.07 Å². The standard InChI is InChI=1S/C14H19NO8/c1-22-14-12(19)10(17)11(18)13(23-14)9(16)6-7-3-2-4-8(5-7)15(20)21/h2-5,9-14,16-19H,6H2,1H3/t9?,10-,11-,12+,13+,14-/m0/s1. The number of aliphatic hydroxyl groups is 4. The molecular formula is C14H19NO8. The van der Waals surface area contributed by atoms with Crippen molar-refractivity contribution in [3.63, 3.8) is 0 Å². The number of hydrogen-bond donors (Lipinski definition) is 4. The number of benzene rings is 1. The van der Waals surface area contributed by atoms with E-state index in [9.17, 15) is 30.5 Å². The molecule has 0 radical (unpaired) electrons. The Kier molecular flexibility index (Phi) is 5.63. The third-order valence-corrected chi connectivity index (χ3v) is 3.78. The van der Waals surface area contributed by atoms with E-state index in [4.69, 9.17) is 9.47 Å². The number of aliphatic hydroxyl groups excluding tert-OH is 4. The molecule has 9 nitrogen and oxygen atoms in total. The zero-order chi connectivity index (χ0) is 17.1. The maximum atomic E-state index is 10.8. The molecule has 1 aromatic carbocycles. The van der Waals surface area contributed by atoms with Crippen molar-refractivity contribution < 1.29 is 34.8 Å². The van der Waals surface area contributed by atoms with Crippen molar-refractivity contribution >= 4 is 5.69 Å². The second kappa shape index (κ2) is 7.30. The van der Waals surface area contributed by atoms with Crippen LogP contribution in [0.15, 0.2) is 24.3 Å². The fourth-order valence-electron chi connectivity index (χ4n) is 2.54. The Hall–Kier alpha value is -1.62. The summed E-state index contributed by atoms with van der Waals surface area (Å²) in [6.07, 6.45) is -8.22. The first kappa shape index (κ1) is 17.7. The van der Waals surface area contributed by atoms with Crippen LogP contribution in [0.5, 0.6) is 0 Å². The van der Waals surface area contributed by atoms with Crippen LogP contribution in [0.3, 0.4) is 0 Å². The van der Waals surface area contributed by atoms with Gasteiger partial charge in [0.25, 0.3) is 5.69 Å². The molecule has 0 bridgehead atoms. The summed E-state index contributed by atoms with van der Waals surface area (Å²) < 4.78 is 10.1.